The Morgan fingerprint density at radius 2 is 1.93 bits per heavy atom. The van der Waals surface area contributed by atoms with Crippen molar-refractivity contribution in [2.24, 2.45) is 0 Å². The van der Waals surface area contributed by atoms with Gasteiger partial charge in [0.2, 0.25) is 0 Å². The lowest BCUT2D eigenvalue weighted by Crippen LogP contribution is -2.34. The van der Waals surface area contributed by atoms with Gasteiger partial charge in [0.15, 0.2) is 0 Å². The highest BCUT2D eigenvalue weighted by molar-refractivity contribution is 5.28. The van der Waals surface area contributed by atoms with Gasteiger partial charge in [0.1, 0.15) is 5.82 Å². The van der Waals surface area contributed by atoms with Crippen LogP contribution in [-0.4, -0.2) is 13.6 Å². The average molecular weight is 207 g/mol. The first-order valence-electron chi connectivity index (χ1n) is 5.68. The molecule has 0 bridgehead atoms. The second kappa shape index (κ2) is 4.31. The quantitative estimate of drug-likeness (QED) is 0.803. The van der Waals surface area contributed by atoms with Crippen molar-refractivity contribution in [2.75, 3.05) is 13.6 Å². The molecule has 1 aliphatic rings. The van der Waals surface area contributed by atoms with Crippen LogP contribution in [0.2, 0.25) is 0 Å². The first-order valence-corrected chi connectivity index (χ1v) is 5.68. The van der Waals surface area contributed by atoms with Gasteiger partial charge >= 0.3 is 0 Å². The number of rotatable bonds is 3. The Labute approximate surface area is 90.7 Å². The summed E-state index contributed by atoms with van der Waals surface area (Å²) in [4.78, 5) is 0. The SMILES string of the molecule is CNCC1(c2ccccc2F)CCCC1. The summed E-state index contributed by atoms with van der Waals surface area (Å²) < 4.78 is 13.8. The summed E-state index contributed by atoms with van der Waals surface area (Å²) in [5.41, 5.74) is 0.942. The fourth-order valence-corrected chi connectivity index (χ4v) is 2.82. The van der Waals surface area contributed by atoms with Gasteiger partial charge in [-0.25, -0.2) is 4.39 Å². The van der Waals surface area contributed by atoms with Crippen molar-refractivity contribution in [1.82, 2.24) is 5.32 Å². The number of likely N-dealkylation sites (N-methyl/N-ethyl adjacent to an activating group) is 1. The molecular formula is C13H18FN. The normalized spacial score (nSPS) is 19.3. The van der Waals surface area contributed by atoms with Crippen molar-refractivity contribution in [1.29, 1.82) is 0 Å². The lowest BCUT2D eigenvalue weighted by Gasteiger charge is -2.29. The Kier molecular flexibility index (Phi) is 3.06. The van der Waals surface area contributed by atoms with E-state index in [0.29, 0.717) is 0 Å². The zero-order valence-electron chi connectivity index (χ0n) is 9.22. The average Bonchev–Trinajstić information content (AvgIpc) is 2.69. The van der Waals surface area contributed by atoms with E-state index in [-0.39, 0.29) is 11.2 Å². The van der Waals surface area contributed by atoms with Crippen molar-refractivity contribution >= 4 is 0 Å². The molecule has 1 aromatic carbocycles. The maximum Gasteiger partial charge on any atom is 0.127 e. The van der Waals surface area contributed by atoms with Gasteiger partial charge in [-0.1, -0.05) is 31.0 Å². The van der Waals surface area contributed by atoms with Crippen LogP contribution in [0, 0.1) is 5.82 Å². The highest BCUT2D eigenvalue weighted by Crippen LogP contribution is 2.41. The van der Waals surface area contributed by atoms with E-state index in [1.54, 1.807) is 12.1 Å². The van der Waals surface area contributed by atoms with Crippen LogP contribution in [0.5, 0.6) is 0 Å². The molecule has 0 atom stereocenters. The van der Waals surface area contributed by atoms with E-state index in [1.165, 1.54) is 12.8 Å². The van der Waals surface area contributed by atoms with Crippen LogP contribution in [0.15, 0.2) is 24.3 Å². The second-order valence-corrected chi connectivity index (χ2v) is 4.50. The molecule has 1 aromatic rings. The molecule has 0 amide bonds. The molecule has 1 nitrogen and oxygen atoms in total. The van der Waals surface area contributed by atoms with Crippen LogP contribution >= 0.6 is 0 Å². The third kappa shape index (κ3) is 1.91. The summed E-state index contributed by atoms with van der Waals surface area (Å²) in [5, 5.41) is 3.21. The van der Waals surface area contributed by atoms with Crippen molar-refractivity contribution in [3.8, 4) is 0 Å². The number of benzene rings is 1. The van der Waals surface area contributed by atoms with Gasteiger partial charge in [-0.3, -0.25) is 0 Å². The topological polar surface area (TPSA) is 12.0 Å². The summed E-state index contributed by atoms with van der Waals surface area (Å²) in [6, 6.07) is 7.22. The van der Waals surface area contributed by atoms with E-state index in [1.807, 2.05) is 19.2 Å². The maximum absolute atomic E-state index is 13.8. The number of hydrogen-bond donors (Lipinski definition) is 1. The lowest BCUT2D eigenvalue weighted by atomic mass is 9.78. The molecule has 1 aliphatic carbocycles. The van der Waals surface area contributed by atoms with E-state index >= 15 is 0 Å². The third-order valence-corrected chi connectivity index (χ3v) is 3.52. The molecule has 0 unspecified atom stereocenters. The molecule has 0 aliphatic heterocycles. The molecule has 15 heavy (non-hydrogen) atoms. The molecule has 0 aromatic heterocycles. The lowest BCUT2D eigenvalue weighted by molar-refractivity contribution is 0.400. The van der Waals surface area contributed by atoms with Gasteiger partial charge in [0.05, 0.1) is 0 Å². The fraction of sp³-hybridized carbons (Fsp3) is 0.538. The molecule has 82 valence electrons. The van der Waals surface area contributed by atoms with Gasteiger partial charge in [0, 0.05) is 12.0 Å². The van der Waals surface area contributed by atoms with E-state index in [9.17, 15) is 4.39 Å². The van der Waals surface area contributed by atoms with Crippen molar-refractivity contribution < 1.29 is 4.39 Å². The minimum atomic E-state index is -0.0466. The van der Waals surface area contributed by atoms with Gasteiger partial charge in [0.25, 0.3) is 0 Å². The Bertz CT molecular complexity index is 329. The molecule has 0 saturated heterocycles. The maximum atomic E-state index is 13.8. The van der Waals surface area contributed by atoms with E-state index in [4.69, 9.17) is 0 Å². The first kappa shape index (κ1) is 10.6. The summed E-state index contributed by atoms with van der Waals surface area (Å²) in [7, 11) is 1.95. The van der Waals surface area contributed by atoms with Crippen LogP contribution in [-0.2, 0) is 5.41 Å². The molecule has 1 saturated carbocycles. The van der Waals surface area contributed by atoms with Crippen molar-refractivity contribution in [3.05, 3.63) is 35.6 Å². The van der Waals surface area contributed by atoms with Crippen LogP contribution in [0.3, 0.4) is 0 Å². The summed E-state index contributed by atoms with van der Waals surface area (Å²) in [5.74, 6) is -0.0466. The Balaban J connectivity index is 2.36. The molecule has 1 N–H and O–H groups in total. The highest BCUT2D eigenvalue weighted by atomic mass is 19.1. The van der Waals surface area contributed by atoms with Gasteiger partial charge < -0.3 is 5.32 Å². The Hall–Kier alpha value is -0.890. The molecule has 1 fully saturated rings. The third-order valence-electron chi connectivity index (χ3n) is 3.52. The van der Waals surface area contributed by atoms with Crippen molar-refractivity contribution in [3.63, 3.8) is 0 Å². The van der Waals surface area contributed by atoms with Crippen LogP contribution in [0.1, 0.15) is 31.2 Å². The molecule has 0 spiro atoms. The van der Waals surface area contributed by atoms with Gasteiger partial charge in [-0.2, -0.15) is 0 Å². The highest BCUT2D eigenvalue weighted by Gasteiger charge is 2.36. The number of hydrogen-bond acceptors (Lipinski definition) is 1. The largest absolute Gasteiger partial charge is 0.319 e. The monoisotopic (exact) mass is 207 g/mol. The number of halogens is 1. The first-order chi connectivity index (χ1) is 7.28. The summed E-state index contributed by atoms with van der Waals surface area (Å²) >= 11 is 0. The fourth-order valence-electron chi connectivity index (χ4n) is 2.82. The van der Waals surface area contributed by atoms with Crippen LogP contribution in [0.25, 0.3) is 0 Å². The Morgan fingerprint density at radius 1 is 1.27 bits per heavy atom. The van der Waals surface area contributed by atoms with Gasteiger partial charge in [-0.05, 0) is 31.5 Å². The van der Waals surface area contributed by atoms with Crippen LogP contribution < -0.4 is 5.32 Å². The van der Waals surface area contributed by atoms with E-state index in [0.717, 1.165) is 24.9 Å². The smallest absolute Gasteiger partial charge is 0.127 e. The summed E-state index contributed by atoms with van der Waals surface area (Å²) in [6.45, 7) is 0.883. The standard InChI is InChI=1S/C13H18FN/c1-15-10-13(8-4-5-9-13)11-6-2-3-7-12(11)14/h2-3,6-7,15H,4-5,8-10H2,1H3. The van der Waals surface area contributed by atoms with Gasteiger partial charge in [-0.15, -0.1) is 0 Å². The minimum absolute atomic E-state index is 0.0418. The summed E-state index contributed by atoms with van der Waals surface area (Å²) in [6.07, 6.45) is 4.65. The second-order valence-electron chi connectivity index (χ2n) is 4.50. The predicted molar refractivity (Wildman–Crippen MR) is 60.5 cm³/mol. The van der Waals surface area contributed by atoms with E-state index < -0.39 is 0 Å². The molecule has 2 rings (SSSR count). The van der Waals surface area contributed by atoms with E-state index in [2.05, 4.69) is 5.32 Å². The minimum Gasteiger partial charge on any atom is -0.319 e. The molecular weight excluding hydrogens is 189 g/mol. The predicted octanol–water partition coefficient (Wildman–Crippen LogP) is 2.86. The zero-order valence-corrected chi connectivity index (χ0v) is 9.22. The molecule has 0 radical (unpaired) electrons. The molecule has 2 heteroatoms. The Morgan fingerprint density at radius 3 is 2.53 bits per heavy atom. The number of nitrogens with one attached hydrogen (secondary N) is 1. The molecule has 0 heterocycles. The van der Waals surface area contributed by atoms with Crippen LogP contribution in [0.4, 0.5) is 4.39 Å². The zero-order chi connectivity index (χ0) is 10.7. The van der Waals surface area contributed by atoms with Crippen molar-refractivity contribution in [2.45, 2.75) is 31.1 Å².